The number of aromatic nitrogens is 3. The molecule has 37 heavy (non-hydrogen) atoms. The van der Waals surface area contributed by atoms with Crippen LogP contribution in [0.15, 0.2) is 121 Å². The molecular weight excluding hydrogens is 449 g/mol. The summed E-state index contributed by atoms with van der Waals surface area (Å²) in [6.45, 7) is 0. The molecule has 0 aliphatic carbocycles. The molecule has 5 aromatic carbocycles. The molecule has 0 bridgehead atoms. The summed E-state index contributed by atoms with van der Waals surface area (Å²) in [6, 6.07) is 38.8. The van der Waals surface area contributed by atoms with Crippen LogP contribution in [-0.2, 0) is 0 Å². The van der Waals surface area contributed by atoms with Gasteiger partial charge in [0.05, 0.1) is 16.4 Å². The number of nitrogens with zero attached hydrogens (tertiary/aromatic N) is 2. The van der Waals surface area contributed by atoms with Crippen molar-refractivity contribution in [3.05, 3.63) is 121 Å². The third-order valence-electron chi connectivity index (χ3n) is 6.82. The average molecular weight is 470 g/mol. The van der Waals surface area contributed by atoms with Gasteiger partial charge in [-0.2, -0.15) is 0 Å². The Balaban J connectivity index is 0.00000252. The summed E-state index contributed by atoms with van der Waals surface area (Å²) in [5, 5.41) is 15.6. The molecule has 170 valence electrons. The molecule has 2 aromatic heterocycles. The number of aromatic amines is 1. The van der Waals surface area contributed by atoms with E-state index in [0.717, 1.165) is 55.4 Å². The van der Waals surface area contributed by atoms with E-state index in [9.17, 15) is 5.11 Å². The van der Waals surface area contributed by atoms with Gasteiger partial charge in [-0.15, -0.1) is 0 Å². The maximum absolute atomic E-state index is 12.5. The van der Waals surface area contributed by atoms with Gasteiger partial charge in [0.15, 0.2) is 6.20 Å². The molecule has 7 rings (SSSR count). The van der Waals surface area contributed by atoms with Gasteiger partial charge in [0.1, 0.15) is 5.82 Å². The van der Waals surface area contributed by atoms with Crippen molar-refractivity contribution in [3.63, 3.8) is 0 Å². The summed E-state index contributed by atoms with van der Waals surface area (Å²) in [4.78, 5) is 8.22. The molecule has 1 N–H and O–H groups in total. The summed E-state index contributed by atoms with van der Waals surface area (Å²) in [5.74, 6) is 0.894. The van der Waals surface area contributed by atoms with Gasteiger partial charge >= 0.3 is 18.9 Å². The van der Waals surface area contributed by atoms with Crippen LogP contribution in [0.5, 0.6) is 5.75 Å². The summed E-state index contributed by atoms with van der Waals surface area (Å²) in [6.07, 6.45) is 1.79. The molecular formula is C32H21LiN3O+. The van der Waals surface area contributed by atoms with Crippen molar-refractivity contribution in [2.24, 2.45) is 0 Å². The van der Waals surface area contributed by atoms with Gasteiger partial charge < -0.3 is 5.11 Å². The molecule has 0 aliphatic heterocycles. The smallest absolute Gasteiger partial charge is 0.868 e. The maximum Gasteiger partial charge on any atom is 1.00 e. The van der Waals surface area contributed by atoms with Crippen LogP contribution in [0.3, 0.4) is 0 Å². The Bertz CT molecular complexity index is 1910. The van der Waals surface area contributed by atoms with E-state index in [-0.39, 0.29) is 24.6 Å². The number of hydrogen-bond donors (Lipinski definition) is 0. The minimum Gasteiger partial charge on any atom is -0.868 e. The molecule has 4 nitrogen and oxygen atoms in total. The van der Waals surface area contributed by atoms with E-state index in [2.05, 4.69) is 88.4 Å². The van der Waals surface area contributed by atoms with Gasteiger partial charge in [-0.3, -0.25) is 4.57 Å². The maximum atomic E-state index is 12.5. The molecule has 0 atom stereocenters. The Hall–Kier alpha value is -4.36. The van der Waals surface area contributed by atoms with Crippen LogP contribution in [0.25, 0.3) is 60.9 Å². The van der Waals surface area contributed by atoms with Crippen molar-refractivity contribution < 1.29 is 29.0 Å². The number of para-hydroxylation sites is 3. The number of benzene rings is 5. The first-order valence-electron chi connectivity index (χ1n) is 12.0. The van der Waals surface area contributed by atoms with Crippen LogP contribution in [-0.4, -0.2) is 9.55 Å². The number of rotatable bonds is 3. The minimum atomic E-state index is -0.00754. The molecule has 0 spiro atoms. The van der Waals surface area contributed by atoms with E-state index in [4.69, 9.17) is 4.98 Å². The first kappa shape index (κ1) is 23.1. The third kappa shape index (κ3) is 3.70. The number of pyridine rings is 1. The topological polar surface area (TPSA) is 55.0 Å². The second kappa shape index (κ2) is 9.26. The van der Waals surface area contributed by atoms with Crippen LogP contribution in [0, 0.1) is 0 Å². The van der Waals surface area contributed by atoms with E-state index in [1.165, 1.54) is 0 Å². The van der Waals surface area contributed by atoms with Gasteiger partial charge in [-0.1, -0.05) is 78.9 Å². The van der Waals surface area contributed by atoms with Gasteiger partial charge in [-0.05, 0) is 58.0 Å². The van der Waals surface area contributed by atoms with E-state index >= 15 is 0 Å². The summed E-state index contributed by atoms with van der Waals surface area (Å²) >= 11 is 0. The molecule has 0 fully saturated rings. The van der Waals surface area contributed by atoms with Crippen molar-refractivity contribution in [2.75, 3.05) is 0 Å². The predicted octanol–water partition coefficient (Wildman–Crippen LogP) is 3.56. The summed E-state index contributed by atoms with van der Waals surface area (Å²) in [7, 11) is 0. The van der Waals surface area contributed by atoms with Crippen molar-refractivity contribution in [2.45, 2.75) is 0 Å². The number of imidazole rings is 1. The molecule has 0 saturated heterocycles. The Morgan fingerprint density at radius 3 is 2.11 bits per heavy atom. The molecule has 0 radical (unpaired) electrons. The predicted molar refractivity (Wildman–Crippen MR) is 143 cm³/mol. The van der Waals surface area contributed by atoms with Crippen molar-refractivity contribution in [1.29, 1.82) is 0 Å². The van der Waals surface area contributed by atoms with Gasteiger partial charge in [0.25, 0.3) is 0 Å². The fourth-order valence-corrected chi connectivity index (χ4v) is 5.22. The minimum absolute atomic E-state index is 0. The quantitative estimate of drug-likeness (QED) is 0.371. The monoisotopic (exact) mass is 470 g/mol. The molecule has 0 saturated carbocycles. The molecule has 0 aliphatic rings. The number of hydrogen-bond acceptors (Lipinski definition) is 2. The SMILES string of the molecule is [Li+].[O-]c1ccc(-c2cccc3c(-c4nc5ccccc5n4-c4ccccc4)cccc23)c2ccc[nH+]c12. The zero-order valence-corrected chi connectivity index (χ0v) is 20.3. The standard InChI is InChI=1S/C32H21N3O.Li/c36-30-19-18-25(26-15-8-20-33-31(26)30)23-11-6-13-24-22(23)12-7-14-27(24)32-34-28-16-4-5-17-29(28)35(32)21-9-2-1-3-10-21;/h1-20,36H;/q;+1. The zero-order chi connectivity index (χ0) is 24.1. The number of fused-ring (bicyclic) bond motifs is 3. The van der Waals surface area contributed by atoms with Gasteiger partial charge in [-0.25, -0.2) is 9.97 Å². The molecule has 0 unspecified atom stereocenters. The van der Waals surface area contributed by atoms with Crippen LogP contribution < -0.4 is 29.0 Å². The molecule has 0 amide bonds. The van der Waals surface area contributed by atoms with E-state index in [1.54, 1.807) is 12.3 Å². The zero-order valence-electron chi connectivity index (χ0n) is 20.3. The average Bonchev–Trinajstić information content (AvgIpc) is 3.33. The summed E-state index contributed by atoms with van der Waals surface area (Å²) < 4.78 is 2.23. The fraction of sp³-hybridized carbons (Fsp3) is 0. The molecule has 2 heterocycles. The van der Waals surface area contributed by atoms with Crippen LogP contribution in [0.2, 0.25) is 0 Å². The van der Waals surface area contributed by atoms with E-state index < -0.39 is 0 Å². The van der Waals surface area contributed by atoms with Crippen molar-refractivity contribution in [3.8, 4) is 34.0 Å². The van der Waals surface area contributed by atoms with Crippen molar-refractivity contribution >= 4 is 32.7 Å². The molecule has 7 aromatic rings. The Labute approximate surface area is 226 Å². The Kier molecular flexibility index (Phi) is 5.77. The first-order valence-corrected chi connectivity index (χ1v) is 12.0. The number of H-pyrrole nitrogens is 1. The Morgan fingerprint density at radius 1 is 0.595 bits per heavy atom. The van der Waals surface area contributed by atoms with Crippen LogP contribution in [0.4, 0.5) is 0 Å². The van der Waals surface area contributed by atoms with Crippen LogP contribution in [0.1, 0.15) is 0 Å². The summed E-state index contributed by atoms with van der Waals surface area (Å²) in [5.41, 5.74) is 6.89. The number of nitrogens with one attached hydrogen (secondary N) is 1. The first-order chi connectivity index (χ1) is 17.8. The van der Waals surface area contributed by atoms with Crippen molar-refractivity contribution in [1.82, 2.24) is 9.55 Å². The second-order valence-electron chi connectivity index (χ2n) is 8.87. The van der Waals surface area contributed by atoms with E-state index in [0.29, 0.717) is 5.52 Å². The third-order valence-corrected chi connectivity index (χ3v) is 6.82. The Morgan fingerprint density at radius 2 is 1.27 bits per heavy atom. The van der Waals surface area contributed by atoms with Crippen LogP contribution >= 0.6 is 0 Å². The fourth-order valence-electron chi connectivity index (χ4n) is 5.22. The van der Waals surface area contributed by atoms with E-state index in [1.807, 2.05) is 30.3 Å². The van der Waals surface area contributed by atoms with Gasteiger partial charge in [0, 0.05) is 17.3 Å². The molecule has 5 heteroatoms. The second-order valence-corrected chi connectivity index (χ2v) is 8.87. The largest absolute Gasteiger partial charge is 1.00 e. The van der Waals surface area contributed by atoms with Gasteiger partial charge in [0.2, 0.25) is 5.52 Å². The normalized spacial score (nSPS) is 11.1.